The van der Waals surface area contributed by atoms with Gasteiger partial charge in [-0.2, -0.15) is 5.10 Å². The van der Waals surface area contributed by atoms with E-state index in [0.29, 0.717) is 0 Å². The van der Waals surface area contributed by atoms with E-state index in [-0.39, 0.29) is 20.7 Å². The molecule has 0 heterocycles. The number of nitrogens with one attached hydrogen (secondary N) is 1. The van der Waals surface area contributed by atoms with Gasteiger partial charge in [0.1, 0.15) is 10.8 Å². The van der Waals surface area contributed by atoms with Crippen molar-refractivity contribution in [3.05, 3.63) is 27.7 Å². The number of hydrogen-bond donors (Lipinski definition) is 2. The summed E-state index contributed by atoms with van der Waals surface area (Å²) in [6, 6.07) is 2.32. The Bertz CT molecular complexity index is 522. The van der Waals surface area contributed by atoms with Crippen molar-refractivity contribution in [1.82, 2.24) is 5.43 Å². The van der Waals surface area contributed by atoms with Crippen molar-refractivity contribution in [2.75, 3.05) is 0 Å². The minimum absolute atomic E-state index is 0.0944. The third-order valence-electron chi connectivity index (χ3n) is 1.63. The second kappa shape index (κ2) is 6.27. The van der Waals surface area contributed by atoms with Crippen molar-refractivity contribution >= 4 is 46.7 Å². The van der Waals surface area contributed by atoms with E-state index in [1.165, 1.54) is 6.07 Å². The molecule has 0 saturated heterocycles. The summed E-state index contributed by atoms with van der Waals surface area (Å²) in [5.41, 5.74) is 7.56. The Morgan fingerprint density at radius 2 is 2.05 bits per heavy atom. The number of alkyl halides is 3. The topological polar surface area (TPSA) is 59.6 Å². The SMILES string of the molecule is NC(=S)NN=Cc1cc(Cl)c(Cl)c(OC(F)(F)F)c1. The minimum Gasteiger partial charge on any atom is -0.404 e. The lowest BCUT2D eigenvalue weighted by atomic mass is 10.2. The molecule has 4 nitrogen and oxygen atoms in total. The Kier molecular flexibility index (Phi) is 5.21. The molecule has 3 N–H and O–H groups in total. The van der Waals surface area contributed by atoms with E-state index >= 15 is 0 Å². The van der Waals surface area contributed by atoms with E-state index in [9.17, 15) is 13.2 Å². The Balaban J connectivity index is 3.02. The Hall–Kier alpha value is -1.25. The largest absolute Gasteiger partial charge is 0.573 e. The fourth-order valence-electron chi connectivity index (χ4n) is 1.03. The van der Waals surface area contributed by atoms with Gasteiger partial charge in [0.2, 0.25) is 0 Å². The van der Waals surface area contributed by atoms with E-state index in [1.807, 2.05) is 0 Å². The predicted octanol–water partition coefficient (Wildman–Crippen LogP) is 3.06. The Morgan fingerprint density at radius 1 is 1.42 bits per heavy atom. The van der Waals surface area contributed by atoms with Gasteiger partial charge < -0.3 is 10.5 Å². The van der Waals surface area contributed by atoms with Crippen LogP contribution in [0.1, 0.15) is 5.56 Å². The first-order valence-electron chi connectivity index (χ1n) is 4.52. The van der Waals surface area contributed by atoms with E-state index in [4.69, 9.17) is 28.9 Å². The van der Waals surface area contributed by atoms with Crippen LogP contribution >= 0.6 is 35.4 Å². The Labute approximate surface area is 121 Å². The number of benzene rings is 1. The molecule has 0 unspecified atom stereocenters. The third-order valence-corrected chi connectivity index (χ3v) is 2.51. The van der Waals surface area contributed by atoms with Crippen molar-refractivity contribution in [2.45, 2.75) is 6.36 Å². The van der Waals surface area contributed by atoms with Crippen LogP contribution in [0.5, 0.6) is 5.75 Å². The van der Waals surface area contributed by atoms with Crippen molar-refractivity contribution < 1.29 is 17.9 Å². The van der Waals surface area contributed by atoms with Crippen LogP contribution in [-0.4, -0.2) is 17.7 Å². The molecule has 0 bridgehead atoms. The number of nitrogens with zero attached hydrogens (tertiary/aromatic N) is 1. The van der Waals surface area contributed by atoms with Gasteiger partial charge in [-0.1, -0.05) is 23.2 Å². The molecular formula is C9H6Cl2F3N3OS. The molecule has 0 aromatic heterocycles. The molecule has 0 atom stereocenters. The van der Waals surface area contributed by atoms with Gasteiger partial charge in [-0.25, -0.2) is 0 Å². The van der Waals surface area contributed by atoms with E-state index in [1.54, 1.807) is 0 Å². The summed E-state index contributed by atoms with van der Waals surface area (Å²) >= 11 is 15.8. The van der Waals surface area contributed by atoms with Crippen LogP contribution in [0.3, 0.4) is 0 Å². The molecule has 0 fully saturated rings. The molecule has 0 saturated carbocycles. The van der Waals surface area contributed by atoms with Gasteiger partial charge >= 0.3 is 6.36 Å². The summed E-state index contributed by atoms with van der Waals surface area (Å²) in [6.07, 6.45) is -3.72. The lowest BCUT2D eigenvalue weighted by Gasteiger charge is -2.11. The standard InChI is InChI=1S/C9H6Cl2F3N3OS/c10-5-1-4(3-16-17-8(15)19)2-6(7(5)11)18-9(12,13)14/h1-3H,(H3,15,17,19). The highest BCUT2D eigenvalue weighted by Crippen LogP contribution is 2.36. The number of ether oxygens (including phenoxy) is 1. The van der Waals surface area contributed by atoms with Gasteiger partial charge in [0.25, 0.3) is 0 Å². The van der Waals surface area contributed by atoms with Gasteiger partial charge in [0.05, 0.1) is 11.2 Å². The van der Waals surface area contributed by atoms with Crippen molar-refractivity contribution in [2.24, 2.45) is 10.8 Å². The normalized spacial score (nSPS) is 11.6. The summed E-state index contributed by atoms with van der Waals surface area (Å²) in [6.45, 7) is 0. The molecule has 0 radical (unpaired) electrons. The van der Waals surface area contributed by atoms with Crippen LogP contribution in [0.4, 0.5) is 13.2 Å². The highest BCUT2D eigenvalue weighted by atomic mass is 35.5. The quantitative estimate of drug-likeness (QED) is 0.507. The number of hydrogen-bond acceptors (Lipinski definition) is 3. The summed E-state index contributed by atoms with van der Waals surface area (Å²) in [4.78, 5) is 0. The van der Waals surface area contributed by atoms with Crippen LogP contribution < -0.4 is 15.9 Å². The summed E-state index contributed by atoms with van der Waals surface area (Å²) in [7, 11) is 0. The molecule has 1 aromatic rings. The first-order valence-corrected chi connectivity index (χ1v) is 5.69. The lowest BCUT2D eigenvalue weighted by molar-refractivity contribution is -0.274. The highest BCUT2D eigenvalue weighted by Gasteiger charge is 2.32. The maximum atomic E-state index is 12.1. The van der Waals surface area contributed by atoms with Gasteiger partial charge in [0.15, 0.2) is 5.11 Å². The summed E-state index contributed by atoms with van der Waals surface area (Å²) in [5.74, 6) is -0.626. The Morgan fingerprint density at radius 3 is 2.58 bits per heavy atom. The van der Waals surface area contributed by atoms with Gasteiger partial charge in [0, 0.05) is 0 Å². The predicted molar refractivity (Wildman–Crippen MR) is 70.7 cm³/mol. The first kappa shape index (κ1) is 15.8. The molecule has 19 heavy (non-hydrogen) atoms. The fourth-order valence-corrected chi connectivity index (χ4v) is 1.45. The van der Waals surface area contributed by atoms with Gasteiger partial charge in [-0.3, -0.25) is 5.43 Å². The molecule has 0 spiro atoms. The molecular weight excluding hydrogens is 326 g/mol. The molecule has 1 rings (SSSR count). The summed E-state index contributed by atoms with van der Waals surface area (Å²) in [5, 5.41) is 3.02. The zero-order valence-electron chi connectivity index (χ0n) is 8.96. The second-order valence-electron chi connectivity index (χ2n) is 3.10. The average molecular weight is 332 g/mol. The smallest absolute Gasteiger partial charge is 0.404 e. The number of rotatable bonds is 3. The third kappa shape index (κ3) is 5.50. The van der Waals surface area contributed by atoms with Crippen molar-refractivity contribution in [3.63, 3.8) is 0 Å². The van der Waals surface area contributed by atoms with Gasteiger partial charge in [-0.05, 0) is 29.9 Å². The van der Waals surface area contributed by atoms with E-state index in [2.05, 4.69) is 27.5 Å². The molecule has 10 heteroatoms. The fraction of sp³-hybridized carbons (Fsp3) is 0.111. The molecule has 0 aliphatic heterocycles. The average Bonchev–Trinajstić information content (AvgIpc) is 2.22. The van der Waals surface area contributed by atoms with Gasteiger partial charge in [-0.15, -0.1) is 13.2 Å². The first-order chi connectivity index (χ1) is 8.69. The number of nitrogens with two attached hydrogens (primary N) is 1. The number of halogens is 5. The second-order valence-corrected chi connectivity index (χ2v) is 4.32. The van der Waals surface area contributed by atoms with Crippen LogP contribution in [0.2, 0.25) is 10.0 Å². The summed E-state index contributed by atoms with van der Waals surface area (Å²) < 4.78 is 40.1. The number of hydrazone groups is 1. The zero-order chi connectivity index (χ0) is 14.6. The highest BCUT2D eigenvalue weighted by molar-refractivity contribution is 7.80. The zero-order valence-corrected chi connectivity index (χ0v) is 11.3. The lowest BCUT2D eigenvalue weighted by Crippen LogP contribution is -2.24. The van der Waals surface area contributed by atoms with Crippen LogP contribution in [0.25, 0.3) is 0 Å². The van der Waals surface area contributed by atoms with E-state index < -0.39 is 12.1 Å². The van der Waals surface area contributed by atoms with Crippen LogP contribution in [0, 0.1) is 0 Å². The van der Waals surface area contributed by atoms with Crippen LogP contribution in [-0.2, 0) is 0 Å². The number of thiocarbonyl (C=S) groups is 1. The van der Waals surface area contributed by atoms with E-state index in [0.717, 1.165) is 12.3 Å². The molecule has 1 aromatic carbocycles. The molecule has 0 aliphatic rings. The van der Waals surface area contributed by atoms with Crippen LogP contribution in [0.15, 0.2) is 17.2 Å². The minimum atomic E-state index is -4.88. The maximum Gasteiger partial charge on any atom is 0.573 e. The molecule has 104 valence electrons. The monoisotopic (exact) mass is 331 g/mol. The molecule has 0 amide bonds. The van der Waals surface area contributed by atoms with Crippen molar-refractivity contribution in [3.8, 4) is 5.75 Å². The maximum absolute atomic E-state index is 12.1. The molecule has 0 aliphatic carbocycles. The van der Waals surface area contributed by atoms with Crippen molar-refractivity contribution in [1.29, 1.82) is 0 Å².